The van der Waals surface area contributed by atoms with E-state index >= 15 is 0 Å². The fourth-order valence-electron chi connectivity index (χ4n) is 3.48. The van der Waals surface area contributed by atoms with Crippen molar-refractivity contribution in [1.29, 1.82) is 0 Å². The van der Waals surface area contributed by atoms with Gasteiger partial charge in [-0.1, -0.05) is 103 Å². The molecule has 1 N–H and O–H groups in total. The largest absolute Gasteiger partial charge is 0.478 e. The molecule has 4 aromatic rings. The Hall–Kier alpha value is -3.37. The minimum atomic E-state index is -0.983. The van der Waals surface area contributed by atoms with Crippen LogP contribution in [0.25, 0.3) is 0 Å². The highest BCUT2D eigenvalue weighted by atomic mass is 32.2. The van der Waals surface area contributed by atoms with Crippen LogP contribution in [-0.4, -0.2) is 16.1 Å². The van der Waals surface area contributed by atoms with Gasteiger partial charge in [0.15, 0.2) is 0 Å². The first-order chi connectivity index (χ1) is 14.2. The SMILES string of the molecule is O=C(O)c1cccnc1SC(c1ccccc1)(c1ccccc1)c1ccccc1. The molecule has 4 rings (SSSR count). The number of aromatic carboxylic acids is 1. The predicted molar refractivity (Wildman–Crippen MR) is 116 cm³/mol. The second kappa shape index (κ2) is 8.33. The average molecular weight is 397 g/mol. The van der Waals surface area contributed by atoms with Crippen LogP contribution in [0.1, 0.15) is 27.0 Å². The monoisotopic (exact) mass is 397 g/mol. The number of aromatic nitrogens is 1. The van der Waals surface area contributed by atoms with E-state index in [9.17, 15) is 9.90 Å². The minimum absolute atomic E-state index is 0.199. The van der Waals surface area contributed by atoms with E-state index in [0.29, 0.717) is 5.03 Å². The number of nitrogens with zero attached hydrogens (tertiary/aromatic N) is 1. The first-order valence-corrected chi connectivity index (χ1v) is 10.1. The van der Waals surface area contributed by atoms with Gasteiger partial charge in [-0.3, -0.25) is 0 Å². The van der Waals surface area contributed by atoms with Crippen LogP contribution >= 0.6 is 11.8 Å². The van der Waals surface area contributed by atoms with Gasteiger partial charge in [0.1, 0.15) is 5.03 Å². The zero-order chi connectivity index (χ0) is 20.1. The van der Waals surface area contributed by atoms with Crippen LogP contribution in [0.2, 0.25) is 0 Å². The summed E-state index contributed by atoms with van der Waals surface area (Å²) in [7, 11) is 0. The molecule has 0 saturated carbocycles. The van der Waals surface area contributed by atoms with Crippen LogP contribution in [0.4, 0.5) is 0 Å². The summed E-state index contributed by atoms with van der Waals surface area (Å²) in [6.45, 7) is 0. The van der Waals surface area contributed by atoms with E-state index in [1.165, 1.54) is 11.8 Å². The Balaban J connectivity index is 2.03. The van der Waals surface area contributed by atoms with Gasteiger partial charge in [-0.05, 0) is 28.8 Å². The molecule has 0 aliphatic rings. The molecule has 0 aliphatic carbocycles. The maximum absolute atomic E-state index is 11.9. The van der Waals surface area contributed by atoms with Crippen molar-refractivity contribution in [2.45, 2.75) is 9.77 Å². The normalized spacial score (nSPS) is 11.2. The molecule has 3 nitrogen and oxygen atoms in total. The zero-order valence-corrected chi connectivity index (χ0v) is 16.4. The highest BCUT2D eigenvalue weighted by molar-refractivity contribution is 8.00. The summed E-state index contributed by atoms with van der Waals surface area (Å²) < 4.78 is -0.650. The maximum Gasteiger partial charge on any atom is 0.338 e. The highest BCUT2D eigenvalue weighted by Gasteiger charge is 2.39. The number of hydrogen-bond acceptors (Lipinski definition) is 3. The van der Waals surface area contributed by atoms with E-state index in [2.05, 4.69) is 41.4 Å². The summed E-state index contributed by atoms with van der Waals surface area (Å²) >= 11 is 1.46. The van der Waals surface area contributed by atoms with Crippen LogP contribution < -0.4 is 0 Å². The molecule has 0 saturated heterocycles. The lowest BCUT2D eigenvalue weighted by Gasteiger charge is -2.35. The van der Waals surface area contributed by atoms with E-state index in [1.807, 2.05) is 54.6 Å². The summed E-state index contributed by atoms with van der Waals surface area (Å²) in [6, 6.07) is 33.7. The van der Waals surface area contributed by atoms with Crippen LogP contribution in [-0.2, 0) is 4.75 Å². The first-order valence-electron chi connectivity index (χ1n) is 9.26. The minimum Gasteiger partial charge on any atom is -0.478 e. The summed E-state index contributed by atoms with van der Waals surface area (Å²) in [5.74, 6) is -0.983. The molecule has 142 valence electrons. The molecule has 1 aromatic heterocycles. The van der Waals surface area contributed by atoms with Crippen LogP contribution in [0.3, 0.4) is 0 Å². The van der Waals surface area contributed by atoms with Crippen molar-refractivity contribution in [2.24, 2.45) is 0 Å². The van der Waals surface area contributed by atoms with Crippen molar-refractivity contribution in [1.82, 2.24) is 4.98 Å². The topological polar surface area (TPSA) is 50.2 Å². The summed E-state index contributed by atoms with van der Waals surface area (Å²) in [6.07, 6.45) is 1.64. The molecule has 0 amide bonds. The Morgan fingerprint density at radius 3 is 1.55 bits per heavy atom. The molecule has 4 heteroatoms. The third-order valence-corrected chi connectivity index (χ3v) is 6.32. The molecule has 0 atom stereocenters. The van der Waals surface area contributed by atoms with Gasteiger partial charge in [0.2, 0.25) is 0 Å². The Morgan fingerprint density at radius 2 is 1.14 bits per heavy atom. The number of thioether (sulfide) groups is 1. The fraction of sp³-hybridized carbons (Fsp3) is 0.0400. The number of carboxylic acids is 1. The van der Waals surface area contributed by atoms with Gasteiger partial charge >= 0.3 is 5.97 Å². The van der Waals surface area contributed by atoms with E-state index in [-0.39, 0.29) is 5.56 Å². The van der Waals surface area contributed by atoms with Crippen LogP contribution in [0.15, 0.2) is 114 Å². The lowest BCUT2D eigenvalue weighted by Crippen LogP contribution is -2.26. The van der Waals surface area contributed by atoms with Crippen molar-refractivity contribution in [3.63, 3.8) is 0 Å². The number of hydrogen-bond donors (Lipinski definition) is 1. The lowest BCUT2D eigenvalue weighted by molar-refractivity contribution is 0.0692. The van der Waals surface area contributed by atoms with Gasteiger partial charge in [-0.25, -0.2) is 9.78 Å². The molecule has 0 unspecified atom stereocenters. The fourth-order valence-corrected chi connectivity index (χ4v) is 4.91. The summed E-state index contributed by atoms with van der Waals surface area (Å²) in [4.78, 5) is 16.3. The lowest BCUT2D eigenvalue weighted by atomic mass is 9.84. The molecular weight excluding hydrogens is 378 g/mol. The molecule has 0 bridgehead atoms. The predicted octanol–water partition coefficient (Wildman–Crippen LogP) is 5.86. The van der Waals surface area contributed by atoms with Gasteiger partial charge in [0, 0.05) is 6.20 Å². The number of rotatable bonds is 6. The molecule has 3 aromatic carbocycles. The summed E-state index contributed by atoms with van der Waals surface area (Å²) in [5, 5.41) is 10.2. The maximum atomic E-state index is 11.9. The first kappa shape index (κ1) is 19.0. The summed E-state index contributed by atoms with van der Waals surface area (Å²) in [5.41, 5.74) is 3.38. The standard InChI is InChI=1S/C25H19NO2S/c27-24(28)22-17-10-18-26-23(22)29-25(19-11-4-1-5-12-19,20-13-6-2-7-14-20)21-15-8-3-9-16-21/h1-18H,(H,27,28). The van der Waals surface area contributed by atoms with Crippen molar-refractivity contribution >= 4 is 17.7 Å². The molecule has 1 heterocycles. The van der Waals surface area contributed by atoms with Gasteiger partial charge in [0.25, 0.3) is 0 Å². The van der Waals surface area contributed by atoms with Gasteiger partial charge < -0.3 is 5.11 Å². The van der Waals surface area contributed by atoms with Crippen molar-refractivity contribution in [3.05, 3.63) is 132 Å². The van der Waals surface area contributed by atoms with E-state index in [0.717, 1.165) is 16.7 Å². The van der Waals surface area contributed by atoms with Crippen LogP contribution in [0, 0.1) is 0 Å². The van der Waals surface area contributed by atoms with Gasteiger partial charge in [0.05, 0.1) is 10.3 Å². The molecule has 0 spiro atoms. The zero-order valence-electron chi connectivity index (χ0n) is 15.6. The second-order valence-electron chi connectivity index (χ2n) is 6.54. The Kier molecular flexibility index (Phi) is 5.45. The number of benzene rings is 3. The molecule has 0 radical (unpaired) electrons. The number of carbonyl (C=O) groups is 1. The molecular formula is C25H19NO2S. The third-order valence-electron chi connectivity index (χ3n) is 4.79. The molecule has 29 heavy (non-hydrogen) atoms. The van der Waals surface area contributed by atoms with Gasteiger partial charge in [-0.15, -0.1) is 0 Å². The Labute approximate surface area is 174 Å². The number of pyridine rings is 1. The smallest absolute Gasteiger partial charge is 0.338 e. The highest BCUT2D eigenvalue weighted by Crippen LogP contribution is 2.51. The molecule has 0 aliphatic heterocycles. The van der Waals surface area contributed by atoms with Crippen molar-refractivity contribution < 1.29 is 9.90 Å². The van der Waals surface area contributed by atoms with E-state index in [1.54, 1.807) is 18.3 Å². The average Bonchev–Trinajstić information content (AvgIpc) is 2.79. The Bertz CT molecular complexity index is 1000. The molecule has 0 fully saturated rings. The second-order valence-corrected chi connectivity index (χ2v) is 7.75. The quantitative estimate of drug-likeness (QED) is 0.327. The Morgan fingerprint density at radius 1 is 0.690 bits per heavy atom. The number of carboxylic acid groups (broad SMARTS) is 1. The van der Waals surface area contributed by atoms with Crippen LogP contribution in [0.5, 0.6) is 0 Å². The van der Waals surface area contributed by atoms with Crippen molar-refractivity contribution in [2.75, 3.05) is 0 Å². The van der Waals surface area contributed by atoms with E-state index in [4.69, 9.17) is 0 Å². The van der Waals surface area contributed by atoms with Crippen molar-refractivity contribution in [3.8, 4) is 0 Å². The third kappa shape index (κ3) is 3.67. The van der Waals surface area contributed by atoms with E-state index < -0.39 is 10.7 Å². The van der Waals surface area contributed by atoms with Gasteiger partial charge in [-0.2, -0.15) is 0 Å².